The lowest BCUT2D eigenvalue weighted by molar-refractivity contribution is -0.131. The molecule has 2 aliphatic rings. The summed E-state index contributed by atoms with van der Waals surface area (Å²) in [7, 11) is 1.83. The number of hydrogen-bond acceptors (Lipinski definition) is 8. The van der Waals surface area contributed by atoms with Gasteiger partial charge in [0, 0.05) is 56.7 Å². The molecule has 0 spiro atoms. The molecular formula is C31H32F2N10O. The summed E-state index contributed by atoms with van der Waals surface area (Å²) in [4.78, 5) is 31.8. The van der Waals surface area contributed by atoms with Crippen molar-refractivity contribution in [1.29, 1.82) is 0 Å². The molecule has 1 saturated heterocycles. The van der Waals surface area contributed by atoms with Gasteiger partial charge >= 0.3 is 0 Å². The Balaban J connectivity index is 1.25. The lowest BCUT2D eigenvalue weighted by Crippen LogP contribution is -2.45. The Labute approximate surface area is 252 Å². The number of fused-ring (bicyclic) bond motifs is 6. The van der Waals surface area contributed by atoms with Crippen LogP contribution in [0.25, 0.3) is 16.9 Å². The van der Waals surface area contributed by atoms with E-state index in [1.165, 1.54) is 12.1 Å². The third kappa shape index (κ3) is 4.97. The van der Waals surface area contributed by atoms with E-state index in [9.17, 15) is 13.6 Å². The van der Waals surface area contributed by atoms with Gasteiger partial charge < -0.3 is 20.4 Å². The van der Waals surface area contributed by atoms with E-state index in [1.54, 1.807) is 27.9 Å². The number of amides is 1. The summed E-state index contributed by atoms with van der Waals surface area (Å²) in [5, 5.41) is 11.5. The summed E-state index contributed by atoms with van der Waals surface area (Å²) in [6.45, 7) is 3.82. The van der Waals surface area contributed by atoms with Gasteiger partial charge in [0.25, 0.3) is 0 Å². The molecule has 11 nitrogen and oxygen atoms in total. The van der Waals surface area contributed by atoms with Crippen LogP contribution >= 0.6 is 0 Å². The van der Waals surface area contributed by atoms with Gasteiger partial charge in [-0.3, -0.25) is 9.20 Å². The Morgan fingerprint density at radius 3 is 2.80 bits per heavy atom. The number of rotatable bonds is 3. The highest BCUT2D eigenvalue weighted by molar-refractivity contribution is 5.88. The molecule has 4 aromatic heterocycles. The third-order valence-electron chi connectivity index (χ3n) is 8.35. The van der Waals surface area contributed by atoms with E-state index in [2.05, 4.69) is 25.7 Å². The Hall–Kier alpha value is -5.07. The summed E-state index contributed by atoms with van der Waals surface area (Å²) in [5.74, 6) is 1.80. The first-order valence-corrected chi connectivity index (χ1v) is 14.7. The highest BCUT2D eigenvalue weighted by Gasteiger charge is 2.40. The van der Waals surface area contributed by atoms with Crippen LogP contribution in [0.3, 0.4) is 0 Å². The van der Waals surface area contributed by atoms with E-state index in [0.717, 1.165) is 36.8 Å². The number of likely N-dealkylation sites (N-methyl/N-ethyl adjacent to an activating group) is 1. The molecule has 1 fully saturated rings. The average Bonchev–Trinajstić information content (AvgIpc) is 3.74. The molecule has 0 aliphatic carbocycles. The molecule has 7 rings (SSSR count). The van der Waals surface area contributed by atoms with Crippen molar-refractivity contribution in [2.45, 2.75) is 44.8 Å². The molecule has 0 unspecified atom stereocenters. The maximum absolute atomic E-state index is 14.7. The zero-order valence-electron chi connectivity index (χ0n) is 24.4. The zero-order valence-corrected chi connectivity index (χ0v) is 24.4. The van der Waals surface area contributed by atoms with E-state index in [1.807, 2.05) is 47.9 Å². The fraction of sp³-hybridized carbons (Fsp3) is 0.323. The Kier molecular flexibility index (Phi) is 7.07. The van der Waals surface area contributed by atoms with Crippen LogP contribution in [0.2, 0.25) is 0 Å². The predicted octanol–water partition coefficient (Wildman–Crippen LogP) is 4.49. The van der Waals surface area contributed by atoms with E-state index < -0.39 is 17.7 Å². The molecule has 44 heavy (non-hydrogen) atoms. The van der Waals surface area contributed by atoms with E-state index in [0.29, 0.717) is 48.3 Å². The number of halogens is 2. The van der Waals surface area contributed by atoms with E-state index in [-0.39, 0.29) is 17.5 Å². The van der Waals surface area contributed by atoms with Crippen molar-refractivity contribution in [3.8, 4) is 11.4 Å². The van der Waals surface area contributed by atoms with Gasteiger partial charge in [0.15, 0.2) is 5.82 Å². The molecule has 2 atom stereocenters. The molecule has 13 heteroatoms. The predicted molar refractivity (Wildman–Crippen MR) is 163 cm³/mol. The fourth-order valence-electron chi connectivity index (χ4n) is 6.19. The topological polar surface area (TPSA) is 109 Å². The summed E-state index contributed by atoms with van der Waals surface area (Å²) in [6.07, 6.45) is 8.83. The second-order valence-corrected chi connectivity index (χ2v) is 11.2. The number of nitrogens with one attached hydrogen (secondary N) is 2. The second kappa shape index (κ2) is 11.2. The number of benzene rings is 1. The van der Waals surface area contributed by atoms with Crippen LogP contribution in [-0.4, -0.2) is 72.2 Å². The van der Waals surface area contributed by atoms with Gasteiger partial charge in [-0.2, -0.15) is 5.10 Å². The van der Waals surface area contributed by atoms with Crippen molar-refractivity contribution >= 4 is 34.7 Å². The number of imidazole rings is 1. The lowest BCUT2D eigenvalue weighted by atomic mass is 10.1. The van der Waals surface area contributed by atoms with E-state index in [4.69, 9.17) is 4.98 Å². The molecule has 0 radical (unpaired) electrons. The number of carbonyl (C=O) groups excluding carboxylic acids is 1. The van der Waals surface area contributed by atoms with Gasteiger partial charge in [0.2, 0.25) is 5.91 Å². The van der Waals surface area contributed by atoms with Gasteiger partial charge in [-0.1, -0.05) is 6.07 Å². The maximum Gasteiger partial charge on any atom is 0.245 e. The van der Waals surface area contributed by atoms with Gasteiger partial charge in [-0.15, -0.1) is 0 Å². The highest BCUT2D eigenvalue weighted by Crippen LogP contribution is 2.33. The van der Waals surface area contributed by atoms with Crippen LogP contribution in [0.1, 0.15) is 25.3 Å². The fourth-order valence-corrected chi connectivity index (χ4v) is 6.19. The van der Waals surface area contributed by atoms with Crippen molar-refractivity contribution < 1.29 is 13.6 Å². The van der Waals surface area contributed by atoms with E-state index >= 15 is 0 Å². The van der Waals surface area contributed by atoms with Crippen molar-refractivity contribution in [1.82, 2.24) is 34.0 Å². The minimum atomic E-state index is -0.706. The number of aryl methyl sites for hydroxylation is 2. The number of hydrogen-bond donors (Lipinski definition) is 2. The SMILES string of the molecule is CCn1ncc2c1Nc1cccc(n1)N[C@H]1C[C@@H](C(=O)N(C)CCC2)N(c2nccn3c(-c4ccc(F)cc4F)ncc23)C1. The van der Waals surface area contributed by atoms with Crippen LogP contribution in [-0.2, 0) is 17.8 Å². The van der Waals surface area contributed by atoms with Crippen molar-refractivity contribution in [2.24, 2.45) is 0 Å². The molecule has 5 aromatic rings. The number of anilines is 4. The number of aromatic nitrogens is 6. The quantitative estimate of drug-likeness (QED) is 0.313. The van der Waals surface area contributed by atoms with Crippen LogP contribution in [0, 0.1) is 11.6 Å². The maximum atomic E-state index is 14.7. The van der Waals surface area contributed by atoms with Crippen LogP contribution in [0.4, 0.5) is 32.1 Å². The zero-order chi connectivity index (χ0) is 30.4. The highest BCUT2D eigenvalue weighted by atomic mass is 19.1. The third-order valence-corrected chi connectivity index (χ3v) is 8.35. The summed E-state index contributed by atoms with van der Waals surface area (Å²) >= 11 is 0. The standard InChI is InChI=1S/C31H32F2N10O/c1-3-43-28-19(16-36-43)6-5-12-40(2)31(44)24-15-21(37-26-7-4-8-27(38-26)39-28)18-42(24)30-25-17-35-29(41(25)13-11-34-30)22-10-9-20(32)14-23(22)33/h4,7-11,13-14,16-17,21,24H,3,5-6,12,15,18H2,1-2H3,(H2,37,38,39)/t21-,24-/m0/s1. The van der Waals surface area contributed by atoms with Crippen molar-refractivity contribution in [3.63, 3.8) is 0 Å². The number of pyridine rings is 1. The number of nitrogens with zero attached hydrogens (tertiary/aromatic N) is 8. The molecule has 2 N–H and O–H groups in total. The Bertz CT molecular complexity index is 1850. The molecule has 6 heterocycles. The van der Waals surface area contributed by atoms with Crippen LogP contribution in [0.15, 0.2) is 61.2 Å². The van der Waals surface area contributed by atoms with Gasteiger partial charge in [-0.25, -0.2) is 28.4 Å². The first-order chi connectivity index (χ1) is 21.4. The molecule has 4 bridgehead atoms. The van der Waals surface area contributed by atoms with Gasteiger partial charge in [0.1, 0.15) is 46.5 Å². The molecule has 226 valence electrons. The average molecular weight is 599 g/mol. The Morgan fingerprint density at radius 1 is 1.09 bits per heavy atom. The van der Waals surface area contributed by atoms with Crippen LogP contribution in [0.5, 0.6) is 0 Å². The Morgan fingerprint density at radius 2 is 1.95 bits per heavy atom. The van der Waals surface area contributed by atoms with Gasteiger partial charge in [-0.05, 0) is 50.5 Å². The largest absolute Gasteiger partial charge is 0.365 e. The normalized spacial score (nSPS) is 18.9. The minimum absolute atomic E-state index is 0.0124. The first-order valence-electron chi connectivity index (χ1n) is 14.7. The lowest BCUT2D eigenvalue weighted by Gasteiger charge is -2.29. The smallest absolute Gasteiger partial charge is 0.245 e. The molecule has 2 aliphatic heterocycles. The van der Waals surface area contributed by atoms with Crippen molar-refractivity contribution in [2.75, 3.05) is 35.7 Å². The van der Waals surface area contributed by atoms with Gasteiger partial charge in [0.05, 0.1) is 18.0 Å². The molecular weight excluding hydrogens is 566 g/mol. The van der Waals surface area contributed by atoms with Crippen molar-refractivity contribution in [3.05, 3.63) is 78.4 Å². The molecule has 1 aromatic carbocycles. The molecule has 0 saturated carbocycles. The minimum Gasteiger partial charge on any atom is -0.365 e. The summed E-state index contributed by atoms with van der Waals surface area (Å²) < 4.78 is 32.0. The summed E-state index contributed by atoms with van der Waals surface area (Å²) in [6, 6.07) is 8.58. The second-order valence-electron chi connectivity index (χ2n) is 11.2. The molecule has 1 amide bonds. The monoisotopic (exact) mass is 598 g/mol. The summed E-state index contributed by atoms with van der Waals surface area (Å²) in [5.41, 5.74) is 1.85. The first kappa shape index (κ1) is 27.7. The number of carbonyl (C=O) groups is 1. The van der Waals surface area contributed by atoms with Crippen LogP contribution < -0.4 is 15.5 Å².